The number of ether oxygens (including phenoxy) is 1. The Bertz CT molecular complexity index is 917. The van der Waals surface area contributed by atoms with Crippen LogP contribution in [0.4, 0.5) is 17.3 Å². The minimum Gasteiger partial charge on any atom is -0.497 e. The number of hydrogen-bond acceptors (Lipinski definition) is 2. The second kappa shape index (κ2) is 9.46. The van der Waals surface area contributed by atoms with Gasteiger partial charge in [-0.3, -0.25) is 0 Å². The maximum Gasteiger partial charge on any atom is 0.673 e. The molecule has 0 saturated heterocycles. The van der Waals surface area contributed by atoms with Crippen LogP contribution < -0.4 is 9.48 Å². The maximum atomic E-state index is 9.75. The van der Waals surface area contributed by atoms with E-state index in [0.717, 1.165) is 33.4 Å². The topological polar surface area (TPSA) is 26.2 Å². The number of hydrogen-bond donors (Lipinski definition) is 0. The van der Waals surface area contributed by atoms with Crippen molar-refractivity contribution in [2.75, 3.05) is 7.11 Å². The number of benzene rings is 2. The van der Waals surface area contributed by atoms with Gasteiger partial charge in [0.1, 0.15) is 5.75 Å². The minimum atomic E-state index is -6.00. The van der Waals surface area contributed by atoms with Crippen LogP contribution in [-0.4, -0.2) is 14.4 Å². The second-order valence-corrected chi connectivity index (χ2v) is 6.07. The summed E-state index contributed by atoms with van der Waals surface area (Å²) in [5.41, 5.74) is 3.07. The number of rotatable bonds is 4. The zero-order valence-electron chi connectivity index (χ0n) is 15.1. The summed E-state index contributed by atoms with van der Waals surface area (Å²) in [5, 5.41) is 0.734. The lowest BCUT2D eigenvalue weighted by Gasteiger charge is -1.98. The predicted octanol–water partition coefficient (Wildman–Crippen LogP) is 5.90. The van der Waals surface area contributed by atoms with Crippen molar-refractivity contribution in [2.24, 2.45) is 7.05 Å². The summed E-state index contributed by atoms with van der Waals surface area (Å²) in [6.45, 7) is 0. The number of aryl methyl sites for hydroxylation is 1. The molecule has 3 nitrogen and oxygen atoms in total. The Labute approximate surface area is 164 Å². The summed E-state index contributed by atoms with van der Waals surface area (Å²) >= 11 is 5.89. The Morgan fingerprint density at radius 2 is 1.54 bits per heavy atom. The van der Waals surface area contributed by atoms with Crippen molar-refractivity contribution in [1.82, 2.24) is 0 Å². The lowest BCUT2D eigenvalue weighted by molar-refractivity contribution is -0.844. The highest BCUT2D eigenvalue weighted by atomic mass is 35.5. The second-order valence-electron chi connectivity index (χ2n) is 5.63. The standard InChI is InChI=1S/C19H17ClNO2.BF4/c1-21-17(10-5-14-3-8-16(20)9-4-14)13-19(23-21)15-6-11-18(22-2)12-7-15;2-1(3,4)5/h3-13H,1-2H3;/q+1;-1/b10-5+;. The molecule has 0 bridgehead atoms. The van der Waals surface area contributed by atoms with Gasteiger partial charge in [0.15, 0.2) is 7.05 Å². The summed E-state index contributed by atoms with van der Waals surface area (Å²) in [4.78, 5) is 0. The van der Waals surface area contributed by atoms with E-state index < -0.39 is 7.25 Å². The van der Waals surface area contributed by atoms with Crippen LogP contribution >= 0.6 is 11.6 Å². The van der Waals surface area contributed by atoms with Gasteiger partial charge in [0.25, 0.3) is 5.69 Å². The first kappa shape index (κ1) is 21.6. The average molecular weight is 414 g/mol. The van der Waals surface area contributed by atoms with Gasteiger partial charge >= 0.3 is 7.25 Å². The van der Waals surface area contributed by atoms with E-state index >= 15 is 0 Å². The quantitative estimate of drug-likeness (QED) is 0.302. The number of nitrogens with zero attached hydrogens (tertiary/aromatic N) is 1. The third-order valence-electron chi connectivity index (χ3n) is 3.57. The van der Waals surface area contributed by atoms with Crippen molar-refractivity contribution in [1.29, 1.82) is 0 Å². The van der Waals surface area contributed by atoms with Crippen LogP contribution in [0.25, 0.3) is 23.5 Å². The molecule has 2 aromatic carbocycles. The van der Waals surface area contributed by atoms with Gasteiger partial charge < -0.3 is 22.0 Å². The van der Waals surface area contributed by atoms with Crippen molar-refractivity contribution in [3.63, 3.8) is 0 Å². The number of halogens is 5. The Balaban J connectivity index is 0.000000500. The monoisotopic (exact) mass is 413 g/mol. The number of aromatic nitrogens is 1. The largest absolute Gasteiger partial charge is 0.673 e. The lowest BCUT2D eigenvalue weighted by Crippen LogP contribution is -2.27. The van der Waals surface area contributed by atoms with Crippen molar-refractivity contribution in [3.05, 3.63) is 70.9 Å². The third kappa shape index (κ3) is 7.11. The van der Waals surface area contributed by atoms with E-state index in [2.05, 4.69) is 0 Å². The van der Waals surface area contributed by atoms with E-state index in [1.165, 1.54) is 0 Å². The van der Waals surface area contributed by atoms with E-state index in [1.54, 1.807) is 11.8 Å². The molecular formula is C19H17BClF4NO2. The fraction of sp³-hybridized carbons (Fsp3) is 0.105. The van der Waals surface area contributed by atoms with E-state index in [1.807, 2.05) is 73.8 Å². The van der Waals surface area contributed by atoms with E-state index in [4.69, 9.17) is 20.9 Å². The van der Waals surface area contributed by atoms with Crippen LogP contribution in [0.1, 0.15) is 11.3 Å². The molecule has 0 fully saturated rings. The molecule has 0 amide bonds. The van der Waals surface area contributed by atoms with Gasteiger partial charge in [-0.15, -0.1) is 0 Å². The van der Waals surface area contributed by atoms with Crippen molar-refractivity contribution < 1.29 is 31.3 Å². The average Bonchev–Trinajstić information content (AvgIpc) is 3.01. The van der Waals surface area contributed by atoms with Gasteiger partial charge in [-0.1, -0.05) is 23.7 Å². The summed E-state index contributed by atoms with van der Waals surface area (Å²) in [5.74, 6) is 1.64. The maximum absolute atomic E-state index is 9.75. The summed E-state index contributed by atoms with van der Waals surface area (Å²) in [6, 6.07) is 17.5. The molecule has 9 heteroatoms. The third-order valence-corrected chi connectivity index (χ3v) is 3.82. The van der Waals surface area contributed by atoms with Gasteiger partial charge in [0, 0.05) is 16.7 Å². The lowest BCUT2D eigenvalue weighted by atomic mass is 10.1. The molecule has 1 aromatic heterocycles. The van der Waals surface area contributed by atoms with Crippen LogP contribution in [0.15, 0.2) is 59.1 Å². The summed E-state index contributed by atoms with van der Waals surface area (Å²) in [7, 11) is -2.46. The van der Waals surface area contributed by atoms with Crippen LogP contribution in [-0.2, 0) is 7.05 Å². The Morgan fingerprint density at radius 1 is 0.964 bits per heavy atom. The highest BCUT2D eigenvalue weighted by molar-refractivity contribution is 6.50. The van der Waals surface area contributed by atoms with Crippen molar-refractivity contribution >= 4 is 31.0 Å². The van der Waals surface area contributed by atoms with Gasteiger partial charge in [0.05, 0.1) is 13.2 Å². The molecule has 3 rings (SSSR count). The molecule has 0 N–H and O–H groups in total. The molecular weight excluding hydrogens is 396 g/mol. The molecule has 3 aromatic rings. The Kier molecular flexibility index (Phi) is 7.28. The van der Waals surface area contributed by atoms with Crippen LogP contribution in [0.5, 0.6) is 5.75 Å². The van der Waals surface area contributed by atoms with Crippen molar-refractivity contribution in [3.8, 4) is 17.1 Å². The molecule has 0 radical (unpaired) electrons. The summed E-state index contributed by atoms with van der Waals surface area (Å²) < 4.78 is 51.7. The molecule has 0 aliphatic heterocycles. The molecule has 28 heavy (non-hydrogen) atoms. The van der Waals surface area contributed by atoms with Crippen molar-refractivity contribution in [2.45, 2.75) is 0 Å². The molecule has 0 aliphatic carbocycles. The molecule has 0 unspecified atom stereocenters. The van der Waals surface area contributed by atoms with Gasteiger partial charge in [-0.25, -0.2) is 4.52 Å². The number of methoxy groups -OCH3 is 1. The highest BCUT2D eigenvalue weighted by Gasteiger charge is 2.20. The predicted molar refractivity (Wildman–Crippen MR) is 102 cm³/mol. The van der Waals surface area contributed by atoms with Gasteiger partial charge in [-0.2, -0.15) is 0 Å². The van der Waals surface area contributed by atoms with Crippen LogP contribution in [0, 0.1) is 0 Å². The van der Waals surface area contributed by atoms with E-state index in [0.29, 0.717) is 0 Å². The zero-order chi connectivity index (χ0) is 20.7. The fourth-order valence-electron chi connectivity index (χ4n) is 2.25. The first-order valence-corrected chi connectivity index (χ1v) is 8.49. The summed E-state index contributed by atoms with van der Waals surface area (Å²) in [6.07, 6.45) is 4.04. The molecule has 0 saturated carbocycles. The fourth-order valence-corrected chi connectivity index (χ4v) is 2.38. The Hall–Kier alpha value is -2.74. The van der Waals surface area contributed by atoms with Crippen LogP contribution in [0.2, 0.25) is 5.02 Å². The molecule has 148 valence electrons. The van der Waals surface area contributed by atoms with Crippen LogP contribution in [0.3, 0.4) is 0 Å². The zero-order valence-corrected chi connectivity index (χ0v) is 15.8. The smallest absolute Gasteiger partial charge is 0.497 e. The first-order chi connectivity index (χ1) is 13.2. The minimum absolute atomic E-state index is 0.734. The van der Waals surface area contributed by atoms with E-state index in [9.17, 15) is 17.3 Å². The Morgan fingerprint density at radius 3 is 2.07 bits per heavy atom. The highest BCUT2D eigenvalue weighted by Crippen LogP contribution is 2.23. The first-order valence-electron chi connectivity index (χ1n) is 8.11. The molecule has 0 spiro atoms. The molecule has 1 heterocycles. The van der Waals surface area contributed by atoms with E-state index in [-0.39, 0.29) is 0 Å². The molecule has 0 aliphatic rings. The van der Waals surface area contributed by atoms with Gasteiger partial charge in [0.2, 0.25) is 5.76 Å². The SMILES string of the molecule is COc1ccc(-c2cc(/C=C/c3ccc(Cl)cc3)[n+](C)o2)cc1.F[B-](F)(F)F. The van der Waals surface area contributed by atoms with Gasteiger partial charge in [-0.05, 0) is 52.8 Å². The molecule has 0 atom stereocenters. The normalized spacial score (nSPS) is 11.2.